The Balaban J connectivity index is 1.24. The van der Waals surface area contributed by atoms with Crippen molar-refractivity contribution in [2.45, 2.75) is 108 Å². The van der Waals surface area contributed by atoms with Gasteiger partial charge >= 0.3 is 11.9 Å². The predicted molar refractivity (Wildman–Crippen MR) is 173 cm³/mol. The van der Waals surface area contributed by atoms with Gasteiger partial charge in [-0.1, -0.05) is 24.3 Å². The minimum Gasteiger partial charge on any atom is -0.499 e. The zero-order valence-electron chi connectivity index (χ0n) is 28.7. The Morgan fingerprint density at radius 2 is 1.94 bits per heavy atom. The van der Waals surface area contributed by atoms with Gasteiger partial charge in [-0.3, -0.25) is 24.0 Å². The van der Waals surface area contributed by atoms with Crippen LogP contribution in [0.3, 0.4) is 0 Å². The molecule has 274 valence electrons. The Morgan fingerprint density at radius 1 is 1.16 bits per heavy atom. The molecule has 1 saturated carbocycles. The molecule has 8 atom stereocenters. The molecule has 15 nitrogen and oxygen atoms in total. The number of hydrogen-bond acceptors (Lipinski definition) is 13. The van der Waals surface area contributed by atoms with Crippen LogP contribution >= 0.6 is 0 Å². The van der Waals surface area contributed by atoms with E-state index < -0.39 is 83.9 Å². The lowest BCUT2D eigenvalue weighted by atomic mass is 9.62. The molecule has 1 aromatic rings. The van der Waals surface area contributed by atoms with Gasteiger partial charge in [0.2, 0.25) is 11.8 Å². The summed E-state index contributed by atoms with van der Waals surface area (Å²) in [7, 11) is 0. The highest BCUT2D eigenvalue weighted by atomic mass is 16.8. The number of benzene rings is 1. The summed E-state index contributed by atoms with van der Waals surface area (Å²) in [5, 5.41) is 23.4. The fourth-order valence-corrected chi connectivity index (χ4v) is 7.80. The quantitative estimate of drug-likeness (QED) is 0.149. The maximum Gasteiger partial charge on any atom is 0.327 e. The molecule has 6 rings (SSSR count). The molecule has 4 heterocycles. The normalized spacial score (nSPS) is 31.0. The molecule has 0 radical (unpaired) electrons. The van der Waals surface area contributed by atoms with Gasteiger partial charge in [0.1, 0.15) is 54.9 Å². The summed E-state index contributed by atoms with van der Waals surface area (Å²) in [6, 6.07) is 4.74. The van der Waals surface area contributed by atoms with Gasteiger partial charge in [-0.05, 0) is 57.2 Å². The van der Waals surface area contributed by atoms with Crippen molar-refractivity contribution in [1.29, 1.82) is 0 Å². The van der Waals surface area contributed by atoms with E-state index in [2.05, 4.69) is 5.32 Å². The molecule has 0 aromatic heterocycles. The topological polar surface area (TPSA) is 183 Å². The van der Waals surface area contributed by atoms with Crippen LogP contribution in [-0.2, 0) is 54.2 Å². The number of nitrogens with zero attached hydrogens (tertiary/aromatic N) is 2. The molecular formula is C35H47N3O12. The van der Waals surface area contributed by atoms with Crippen molar-refractivity contribution in [1.82, 2.24) is 15.3 Å². The van der Waals surface area contributed by atoms with Crippen LogP contribution in [-0.4, -0.2) is 125 Å². The van der Waals surface area contributed by atoms with Crippen LogP contribution in [0.2, 0.25) is 0 Å². The maximum atomic E-state index is 15.0. The first-order valence-corrected chi connectivity index (χ1v) is 17.2. The molecule has 4 aliphatic heterocycles. The lowest BCUT2D eigenvalue weighted by Gasteiger charge is -2.50. The van der Waals surface area contributed by atoms with Gasteiger partial charge in [-0.2, -0.15) is 5.06 Å². The Labute approximate surface area is 290 Å². The van der Waals surface area contributed by atoms with Crippen LogP contribution < -0.4 is 5.32 Å². The number of nitrogens with one attached hydrogen (secondary N) is 1. The number of aliphatic hydroxyl groups excluding tert-OH is 2. The summed E-state index contributed by atoms with van der Waals surface area (Å²) in [6.07, 6.45) is 1.51. The molecule has 1 aromatic carbocycles. The molecule has 3 N–H and O–H groups in total. The molecule has 5 fully saturated rings. The van der Waals surface area contributed by atoms with Crippen molar-refractivity contribution in [2.24, 2.45) is 5.41 Å². The zero-order chi connectivity index (χ0) is 35.6. The standard InChI is InChI=1S/C35H47N3O12/c1-34(2,3)49-26(41)11-10-23(19-40)36-31(42)24-9-6-13-37(24)33(44)35-17-25-27-28(47-20-46-27)30(35)50-38(29(35)32(43)48-25)18-22-8-5-4-7-21(22)12-15-45-16-14-39/h4-5,7-8,12,15,23-25,27-30,39-40H,6,9-11,13-14,16-20H2,1-3H3,(H,36,42)/t23-,24+,25+,27-,28-,29-,30+,35-/m0/s1. The van der Waals surface area contributed by atoms with Crippen LogP contribution in [0.1, 0.15) is 64.0 Å². The van der Waals surface area contributed by atoms with E-state index in [0.717, 1.165) is 11.1 Å². The highest BCUT2D eigenvalue weighted by Crippen LogP contribution is 2.56. The first-order valence-electron chi connectivity index (χ1n) is 17.2. The van der Waals surface area contributed by atoms with Crippen molar-refractivity contribution in [3.63, 3.8) is 0 Å². The molecular weight excluding hydrogens is 654 g/mol. The molecule has 2 bridgehead atoms. The number of likely N-dealkylation sites (tertiary alicyclic amines) is 1. The van der Waals surface area contributed by atoms with Gasteiger partial charge in [-0.25, -0.2) is 0 Å². The van der Waals surface area contributed by atoms with E-state index in [4.69, 9.17) is 33.6 Å². The predicted octanol–water partition coefficient (Wildman–Crippen LogP) is 0.798. The largest absolute Gasteiger partial charge is 0.499 e. The second-order valence-corrected chi connectivity index (χ2v) is 14.4. The van der Waals surface area contributed by atoms with Crippen LogP contribution in [0.25, 0.3) is 6.08 Å². The smallest absolute Gasteiger partial charge is 0.327 e. The number of carbonyl (C=O) groups excluding carboxylic acids is 4. The fourth-order valence-electron chi connectivity index (χ4n) is 7.80. The molecule has 50 heavy (non-hydrogen) atoms. The van der Waals surface area contributed by atoms with Gasteiger partial charge in [0, 0.05) is 19.4 Å². The number of esters is 2. The number of fused-ring (bicyclic) bond motifs is 4. The lowest BCUT2D eigenvalue weighted by Crippen LogP contribution is -2.70. The number of ether oxygens (including phenoxy) is 5. The number of hydrogen-bond donors (Lipinski definition) is 3. The van der Waals surface area contributed by atoms with E-state index >= 15 is 0 Å². The second kappa shape index (κ2) is 14.9. The SMILES string of the molecule is CC(C)(C)OC(=O)CC[C@@H](CO)NC(=O)[C@H]1CCCN1C(=O)[C@@]12C[C@H]3OC(=O)[C@@H]1N(Cc1ccccc1C=COCCO)O[C@@H]2[C@H]1OCO[C@H]13. The van der Waals surface area contributed by atoms with E-state index in [0.29, 0.717) is 12.8 Å². The van der Waals surface area contributed by atoms with Crippen molar-refractivity contribution < 1.29 is 57.9 Å². The van der Waals surface area contributed by atoms with Crippen molar-refractivity contribution >= 4 is 29.8 Å². The first-order chi connectivity index (χ1) is 24.0. The number of amides is 2. The number of carbonyl (C=O) groups is 4. The summed E-state index contributed by atoms with van der Waals surface area (Å²) in [5.41, 5.74) is -0.522. The van der Waals surface area contributed by atoms with E-state index in [-0.39, 0.29) is 52.4 Å². The van der Waals surface area contributed by atoms with Gasteiger partial charge in [0.15, 0.2) is 6.04 Å². The third kappa shape index (κ3) is 7.12. The Morgan fingerprint density at radius 3 is 2.70 bits per heavy atom. The Bertz CT molecular complexity index is 1460. The van der Waals surface area contributed by atoms with E-state index in [1.165, 1.54) is 16.2 Å². The van der Waals surface area contributed by atoms with Crippen LogP contribution in [0.4, 0.5) is 0 Å². The number of hydroxylamine groups is 2. The molecule has 0 spiro atoms. The minimum absolute atomic E-state index is 0.00152. The van der Waals surface area contributed by atoms with Crippen LogP contribution in [0.5, 0.6) is 0 Å². The summed E-state index contributed by atoms with van der Waals surface area (Å²) < 4.78 is 28.4. The van der Waals surface area contributed by atoms with Gasteiger partial charge in [0.25, 0.3) is 0 Å². The first kappa shape index (κ1) is 36.2. The monoisotopic (exact) mass is 701 g/mol. The van der Waals surface area contributed by atoms with E-state index in [1.54, 1.807) is 26.8 Å². The molecule has 2 amide bonds. The highest BCUT2D eigenvalue weighted by molar-refractivity contribution is 5.96. The van der Waals surface area contributed by atoms with Crippen LogP contribution in [0.15, 0.2) is 30.5 Å². The van der Waals surface area contributed by atoms with Crippen molar-refractivity contribution in [3.05, 3.63) is 41.7 Å². The third-order valence-electron chi connectivity index (χ3n) is 9.90. The lowest BCUT2D eigenvalue weighted by molar-refractivity contribution is -0.204. The summed E-state index contributed by atoms with van der Waals surface area (Å²) in [5.74, 6) is -1.91. The summed E-state index contributed by atoms with van der Waals surface area (Å²) >= 11 is 0. The maximum absolute atomic E-state index is 15.0. The van der Waals surface area contributed by atoms with E-state index in [9.17, 15) is 24.3 Å². The van der Waals surface area contributed by atoms with Crippen molar-refractivity contribution in [2.75, 3.05) is 33.2 Å². The number of rotatable bonds is 13. The zero-order valence-corrected chi connectivity index (χ0v) is 28.7. The second-order valence-electron chi connectivity index (χ2n) is 14.4. The molecule has 5 aliphatic rings. The molecule has 4 saturated heterocycles. The van der Waals surface area contributed by atoms with E-state index in [1.807, 2.05) is 24.3 Å². The van der Waals surface area contributed by atoms with Crippen molar-refractivity contribution in [3.8, 4) is 0 Å². The van der Waals surface area contributed by atoms with Gasteiger partial charge in [-0.15, -0.1) is 0 Å². The Kier molecular flexibility index (Phi) is 10.8. The molecule has 1 aliphatic carbocycles. The average Bonchev–Trinajstić information content (AvgIpc) is 3.83. The van der Waals surface area contributed by atoms with Gasteiger partial charge in [0.05, 0.1) is 32.1 Å². The minimum atomic E-state index is -1.43. The average molecular weight is 702 g/mol. The Hall–Kier alpha value is -3.60. The summed E-state index contributed by atoms with van der Waals surface area (Å²) in [6.45, 7) is 5.27. The third-order valence-corrected chi connectivity index (χ3v) is 9.90. The molecule has 0 unspecified atom stereocenters. The molecule has 15 heteroatoms. The highest BCUT2D eigenvalue weighted by Gasteiger charge is 2.75. The van der Waals surface area contributed by atoms with Gasteiger partial charge < -0.3 is 44.1 Å². The summed E-state index contributed by atoms with van der Waals surface area (Å²) in [4.78, 5) is 63.0. The fraction of sp³-hybridized carbons (Fsp3) is 0.657. The van der Waals surface area contributed by atoms with Crippen LogP contribution in [0, 0.1) is 5.41 Å². The number of aliphatic hydroxyl groups is 2.